The molecule has 0 bridgehead atoms. The van der Waals surface area contributed by atoms with Crippen LogP contribution in [0.4, 0.5) is 11.9 Å². The highest BCUT2D eigenvalue weighted by Gasteiger charge is 2.24. The van der Waals surface area contributed by atoms with Crippen LogP contribution in [-0.2, 0) is 0 Å². The third-order valence-electron chi connectivity index (χ3n) is 3.88. The van der Waals surface area contributed by atoms with Gasteiger partial charge in [-0.3, -0.25) is 0 Å². The maximum atomic E-state index is 5.81. The van der Waals surface area contributed by atoms with E-state index in [4.69, 9.17) is 5.73 Å². The summed E-state index contributed by atoms with van der Waals surface area (Å²) in [5.74, 6) is 1.22. The first-order chi connectivity index (χ1) is 10.0. The highest BCUT2D eigenvalue weighted by Crippen LogP contribution is 2.30. The Morgan fingerprint density at radius 3 is 2.67 bits per heavy atom. The third-order valence-corrected chi connectivity index (χ3v) is 3.88. The van der Waals surface area contributed by atoms with E-state index in [2.05, 4.69) is 43.8 Å². The van der Waals surface area contributed by atoms with Crippen molar-refractivity contribution in [3.63, 3.8) is 0 Å². The number of rotatable bonds is 2. The third kappa shape index (κ3) is 3.09. The van der Waals surface area contributed by atoms with Crippen molar-refractivity contribution in [1.29, 1.82) is 0 Å². The van der Waals surface area contributed by atoms with Gasteiger partial charge in [-0.1, -0.05) is 13.8 Å². The predicted octanol–water partition coefficient (Wildman–Crippen LogP) is 1.05. The van der Waals surface area contributed by atoms with Crippen LogP contribution >= 0.6 is 0 Å². The molecule has 1 aliphatic rings. The molecule has 2 aromatic heterocycles. The molecule has 1 aliphatic heterocycles. The van der Waals surface area contributed by atoms with Gasteiger partial charge >= 0.3 is 0 Å². The molecule has 2 aromatic rings. The summed E-state index contributed by atoms with van der Waals surface area (Å²) in [6, 6.07) is 0. The van der Waals surface area contributed by atoms with Gasteiger partial charge < -0.3 is 10.6 Å². The number of hydrogen-bond donors (Lipinski definition) is 1. The van der Waals surface area contributed by atoms with Crippen LogP contribution in [0.1, 0.15) is 33.1 Å². The van der Waals surface area contributed by atoms with E-state index in [-0.39, 0.29) is 5.95 Å². The Bertz CT molecular complexity index is 607. The highest BCUT2D eigenvalue weighted by atomic mass is 15.4. The maximum absolute atomic E-state index is 5.81. The first kappa shape index (κ1) is 13.7. The molecule has 0 aromatic carbocycles. The van der Waals surface area contributed by atoms with Crippen molar-refractivity contribution in [3.05, 3.63) is 12.7 Å². The van der Waals surface area contributed by atoms with Crippen LogP contribution in [0.25, 0.3) is 5.95 Å². The molecule has 112 valence electrons. The van der Waals surface area contributed by atoms with Gasteiger partial charge in [0.2, 0.25) is 11.9 Å². The van der Waals surface area contributed by atoms with Crippen LogP contribution in [-0.4, -0.2) is 42.8 Å². The quantitative estimate of drug-likeness (QED) is 0.881. The van der Waals surface area contributed by atoms with Gasteiger partial charge in [0, 0.05) is 13.1 Å². The van der Waals surface area contributed by atoms with Crippen molar-refractivity contribution in [3.8, 4) is 5.95 Å². The molecule has 2 N–H and O–H groups in total. The normalized spacial score (nSPS) is 18.5. The molecule has 0 spiro atoms. The Balaban J connectivity index is 1.88. The minimum atomic E-state index is 0.203. The predicted molar refractivity (Wildman–Crippen MR) is 79.0 cm³/mol. The van der Waals surface area contributed by atoms with E-state index in [1.54, 1.807) is 6.33 Å². The fourth-order valence-electron chi connectivity index (χ4n) is 2.55. The summed E-state index contributed by atoms with van der Waals surface area (Å²) in [4.78, 5) is 18.9. The minimum absolute atomic E-state index is 0.203. The van der Waals surface area contributed by atoms with Crippen LogP contribution in [0.2, 0.25) is 0 Å². The lowest BCUT2D eigenvalue weighted by Crippen LogP contribution is -2.28. The van der Waals surface area contributed by atoms with Crippen LogP contribution in [0.3, 0.4) is 0 Å². The average molecular weight is 288 g/mol. The van der Waals surface area contributed by atoms with Crippen LogP contribution < -0.4 is 10.6 Å². The first-order valence-corrected chi connectivity index (χ1v) is 7.15. The van der Waals surface area contributed by atoms with Gasteiger partial charge in [-0.15, -0.1) is 0 Å². The summed E-state index contributed by atoms with van der Waals surface area (Å²) in [5.41, 5.74) is 6.18. The Morgan fingerprint density at radius 2 is 1.90 bits per heavy atom. The van der Waals surface area contributed by atoms with Crippen LogP contribution in [0.15, 0.2) is 12.7 Å². The second-order valence-corrected chi connectivity index (χ2v) is 6.14. The van der Waals surface area contributed by atoms with Crippen molar-refractivity contribution < 1.29 is 0 Å². The monoisotopic (exact) mass is 288 g/mol. The molecule has 0 radical (unpaired) electrons. The highest BCUT2D eigenvalue weighted by molar-refractivity contribution is 5.37. The Hall–Kier alpha value is -2.25. The van der Waals surface area contributed by atoms with Gasteiger partial charge in [-0.2, -0.15) is 24.7 Å². The number of nitrogens with two attached hydrogens (primary N) is 1. The summed E-state index contributed by atoms with van der Waals surface area (Å²) in [6.07, 6.45) is 6.42. The second kappa shape index (κ2) is 5.27. The van der Waals surface area contributed by atoms with Crippen molar-refractivity contribution in [2.24, 2.45) is 5.41 Å². The standard InChI is InChI=1S/C13H20N8/c1-13(2)4-3-6-20(7-5-13)11-17-10(14)18-12(19-11)21-9-15-8-16-21/h8-9H,3-7H2,1-2H3,(H2,14,17,18,19). The Labute approximate surface area is 123 Å². The molecule has 3 heterocycles. The zero-order chi connectivity index (χ0) is 14.9. The van der Waals surface area contributed by atoms with Gasteiger partial charge in [0.1, 0.15) is 12.7 Å². The van der Waals surface area contributed by atoms with Crippen LogP contribution in [0.5, 0.6) is 0 Å². The fraction of sp³-hybridized carbons (Fsp3) is 0.615. The summed E-state index contributed by atoms with van der Waals surface area (Å²) in [5, 5.41) is 4.03. The van der Waals surface area contributed by atoms with E-state index in [0.717, 1.165) is 25.9 Å². The van der Waals surface area contributed by atoms with E-state index in [1.807, 2.05) is 0 Å². The molecule has 0 amide bonds. The molecule has 21 heavy (non-hydrogen) atoms. The topological polar surface area (TPSA) is 98.6 Å². The van der Waals surface area contributed by atoms with E-state index >= 15 is 0 Å². The minimum Gasteiger partial charge on any atom is -0.368 e. The number of anilines is 2. The molecular formula is C13H20N8. The lowest BCUT2D eigenvalue weighted by molar-refractivity contribution is 0.325. The summed E-state index contributed by atoms with van der Waals surface area (Å²) >= 11 is 0. The molecule has 0 atom stereocenters. The molecular weight excluding hydrogens is 268 g/mol. The van der Waals surface area contributed by atoms with Crippen molar-refractivity contribution in [2.75, 3.05) is 23.7 Å². The molecule has 0 aliphatic carbocycles. The molecule has 8 heteroatoms. The summed E-state index contributed by atoms with van der Waals surface area (Å²) in [6.45, 7) is 6.47. The first-order valence-electron chi connectivity index (χ1n) is 7.15. The van der Waals surface area contributed by atoms with Gasteiger partial charge in [-0.05, 0) is 24.7 Å². The van der Waals surface area contributed by atoms with Gasteiger partial charge in [-0.25, -0.2) is 4.98 Å². The molecule has 1 saturated heterocycles. The maximum Gasteiger partial charge on any atom is 0.258 e. The van der Waals surface area contributed by atoms with Gasteiger partial charge in [0.25, 0.3) is 5.95 Å². The van der Waals surface area contributed by atoms with E-state index < -0.39 is 0 Å². The number of aromatic nitrogens is 6. The SMILES string of the molecule is CC1(C)CCCN(c2nc(N)nc(-n3cncn3)n2)CC1. The van der Waals surface area contributed by atoms with Crippen molar-refractivity contribution in [1.82, 2.24) is 29.7 Å². The average Bonchev–Trinajstić information content (AvgIpc) is 2.89. The molecule has 0 saturated carbocycles. The zero-order valence-electron chi connectivity index (χ0n) is 12.4. The summed E-state index contributed by atoms with van der Waals surface area (Å²) < 4.78 is 1.49. The molecule has 8 nitrogen and oxygen atoms in total. The Kier molecular flexibility index (Phi) is 3.44. The number of nitrogens with zero attached hydrogens (tertiary/aromatic N) is 7. The van der Waals surface area contributed by atoms with Gasteiger partial charge in [0.05, 0.1) is 0 Å². The largest absolute Gasteiger partial charge is 0.368 e. The Morgan fingerprint density at radius 1 is 1.10 bits per heavy atom. The lowest BCUT2D eigenvalue weighted by Gasteiger charge is -2.23. The zero-order valence-corrected chi connectivity index (χ0v) is 12.4. The van der Waals surface area contributed by atoms with Crippen LogP contribution in [0, 0.1) is 5.41 Å². The van der Waals surface area contributed by atoms with Gasteiger partial charge in [0.15, 0.2) is 0 Å². The number of hydrogen-bond acceptors (Lipinski definition) is 7. The molecule has 3 rings (SSSR count). The lowest BCUT2D eigenvalue weighted by atomic mass is 9.85. The fourth-order valence-corrected chi connectivity index (χ4v) is 2.55. The smallest absolute Gasteiger partial charge is 0.258 e. The van der Waals surface area contributed by atoms with E-state index in [0.29, 0.717) is 17.3 Å². The van der Waals surface area contributed by atoms with E-state index in [9.17, 15) is 0 Å². The molecule has 0 unspecified atom stereocenters. The second-order valence-electron chi connectivity index (χ2n) is 6.14. The summed E-state index contributed by atoms with van der Waals surface area (Å²) in [7, 11) is 0. The van der Waals surface area contributed by atoms with E-state index in [1.165, 1.54) is 17.4 Å². The number of nitrogen functional groups attached to an aromatic ring is 1. The molecule has 1 fully saturated rings. The van der Waals surface area contributed by atoms with Crippen molar-refractivity contribution >= 4 is 11.9 Å². The van der Waals surface area contributed by atoms with Crippen molar-refractivity contribution in [2.45, 2.75) is 33.1 Å².